The third-order valence-corrected chi connectivity index (χ3v) is 5.37. The van der Waals surface area contributed by atoms with Crippen molar-refractivity contribution in [1.29, 1.82) is 0 Å². The van der Waals surface area contributed by atoms with E-state index in [1.165, 1.54) is 4.31 Å². The van der Waals surface area contributed by atoms with Crippen LogP contribution in [0.2, 0.25) is 0 Å². The molecule has 0 radical (unpaired) electrons. The van der Waals surface area contributed by atoms with Crippen LogP contribution in [0.5, 0.6) is 0 Å². The van der Waals surface area contributed by atoms with Crippen LogP contribution < -0.4 is 5.73 Å². The first-order valence-corrected chi connectivity index (χ1v) is 8.16. The van der Waals surface area contributed by atoms with Crippen LogP contribution in [0, 0.1) is 6.92 Å². The van der Waals surface area contributed by atoms with Crippen molar-refractivity contribution in [2.24, 2.45) is 5.73 Å². The minimum absolute atomic E-state index is 0. The lowest BCUT2D eigenvalue weighted by Gasteiger charge is -2.30. The van der Waals surface area contributed by atoms with Gasteiger partial charge in [0, 0.05) is 23.6 Å². The van der Waals surface area contributed by atoms with Crippen LogP contribution in [0.15, 0.2) is 27.6 Å². The van der Waals surface area contributed by atoms with Crippen molar-refractivity contribution in [3.63, 3.8) is 0 Å². The second-order valence-corrected chi connectivity index (χ2v) is 7.58. The van der Waals surface area contributed by atoms with Crippen LogP contribution in [-0.4, -0.2) is 31.9 Å². The molecular formula is C12H18BrClN2O2S. The Morgan fingerprint density at radius 2 is 2.05 bits per heavy atom. The summed E-state index contributed by atoms with van der Waals surface area (Å²) in [6.07, 6.45) is 1.72. The second kappa shape index (κ2) is 6.54. The van der Waals surface area contributed by atoms with Gasteiger partial charge >= 0.3 is 0 Å². The Labute approximate surface area is 128 Å². The van der Waals surface area contributed by atoms with Gasteiger partial charge in [-0.1, -0.05) is 15.9 Å². The maximum absolute atomic E-state index is 12.5. The molecule has 2 rings (SSSR count). The number of nitrogens with two attached hydrogens (primary N) is 1. The summed E-state index contributed by atoms with van der Waals surface area (Å²) in [7, 11) is -3.42. The first-order valence-electron chi connectivity index (χ1n) is 5.92. The van der Waals surface area contributed by atoms with E-state index in [0.717, 1.165) is 22.9 Å². The van der Waals surface area contributed by atoms with Gasteiger partial charge in [-0.3, -0.25) is 0 Å². The van der Waals surface area contributed by atoms with Gasteiger partial charge in [0.2, 0.25) is 10.0 Å². The Morgan fingerprint density at radius 1 is 1.37 bits per heavy atom. The summed E-state index contributed by atoms with van der Waals surface area (Å²) >= 11 is 3.33. The number of sulfonamides is 1. The number of rotatable bonds is 2. The van der Waals surface area contributed by atoms with Crippen molar-refractivity contribution < 1.29 is 8.42 Å². The third-order valence-electron chi connectivity index (χ3n) is 3.07. The highest BCUT2D eigenvalue weighted by Gasteiger charge is 2.29. The summed E-state index contributed by atoms with van der Waals surface area (Å²) in [5.74, 6) is 0. The van der Waals surface area contributed by atoms with Crippen LogP contribution in [0.3, 0.4) is 0 Å². The average Bonchev–Trinajstić information content (AvgIpc) is 2.27. The van der Waals surface area contributed by atoms with Crippen molar-refractivity contribution >= 4 is 38.4 Å². The molecule has 1 heterocycles. The largest absolute Gasteiger partial charge is 0.327 e. The SMILES string of the molecule is Cc1cc(Br)cc(S(=O)(=O)N2CCC[C@H](N)C2)c1.Cl. The zero-order chi connectivity index (χ0) is 13.3. The molecule has 1 aromatic carbocycles. The second-order valence-electron chi connectivity index (χ2n) is 4.73. The molecule has 1 aromatic rings. The molecule has 0 saturated carbocycles. The predicted molar refractivity (Wildman–Crippen MR) is 82.1 cm³/mol. The van der Waals surface area contributed by atoms with Gasteiger partial charge in [0.1, 0.15) is 0 Å². The number of nitrogens with zero attached hydrogens (tertiary/aromatic N) is 1. The Kier molecular flexibility index (Phi) is 5.82. The summed E-state index contributed by atoms with van der Waals surface area (Å²) in [5, 5.41) is 0. The Bertz CT molecular complexity index is 530. The standard InChI is InChI=1S/C12H17BrN2O2S.ClH/c1-9-5-10(13)7-12(6-9)18(16,17)15-4-2-3-11(14)8-15;/h5-7,11H,2-4,8,14H2,1H3;1H/t11-;/m0./s1. The Balaban J connectivity index is 0.00000180. The van der Waals surface area contributed by atoms with E-state index in [1.54, 1.807) is 12.1 Å². The van der Waals surface area contributed by atoms with Crippen molar-refractivity contribution in [2.45, 2.75) is 30.7 Å². The fourth-order valence-corrected chi connectivity index (χ4v) is 4.62. The van der Waals surface area contributed by atoms with Crippen molar-refractivity contribution in [3.8, 4) is 0 Å². The maximum atomic E-state index is 12.5. The molecule has 1 aliphatic rings. The maximum Gasteiger partial charge on any atom is 0.243 e. The molecule has 0 bridgehead atoms. The zero-order valence-corrected chi connectivity index (χ0v) is 13.9. The van der Waals surface area contributed by atoms with Crippen LogP contribution in [0.25, 0.3) is 0 Å². The van der Waals surface area contributed by atoms with Gasteiger partial charge in [0.25, 0.3) is 0 Å². The van der Waals surface area contributed by atoms with E-state index >= 15 is 0 Å². The van der Waals surface area contributed by atoms with Crippen LogP contribution in [-0.2, 0) is 10.0 Å². The van der Waals surface area contributed by atoms with Gasteiger partial charge in [-0.05, 0) is 43.5 Å². The lowest BCUT2D eigenvalue weighted by Crippen LogP contribution is -2.45. The number of halogens is 2. The number of hydrogen-bond acceptors (Lipinski definition) is 3. The fourth-order valence-electron chi connectivity index (χ4n) is 2.19. The van der Waals surface area contributed by atoms with Crippen molar-refractivity contribution in [2.75, 3.05) is 13.1 Å². The van der Waals surface area contributed by atoms with Gasteiger partial charge in [-0.2, -0.15) is 4.31 Å². The first-order chi connectivity index (χ1) is 8.39. The summed E-state index contributed by atoms with van der Waals surface area (Å²) < 4.78 is 27.2. The van der Waals surface area contributed by atoms with Gasteiger partial charge in [0.05, 0.1) is 4.90 Å². The van der Waals surface area contributed by atoms with E-state index in [-0.39, 0.29) is 18.4 Å². The quantitative estimate of drug-likeness (QED) is 0.870. The molecule has 1 atom stereocenters. The highest BCUT2D eigenvalue weighted by Crippen LogP contribution is 2.24. The molecule has 1 saturated heterocycles. The number of piperidine rings is 1. The number of aryl methyl sites for hydroxylation is 1. The molecule has 1 fully saturated rings. The van der Waals surface area contributed by atoms with Gasteiger partial charge in [-0.25, -0.2) is 8.42 Å². The summed E-state index contributed by atoms with van der Waals surface area (Å²) in [5.41, 5.74) is 6.76. The third kappa shape index (κ3) is 3.92. The molecule has 19 heavy (non-hydrogen) atoms. The van der Waals surface area contributed by atoms with E-state index in [0.29, 0.717) is 18.0 Å². The lowest BCUT2D eigenvalue weighted by atomic mass is 10.1. The predicted octanol–water partition coefficient (Wildman–Crippen LogP) is 2.29. The summed E-state index contributed by atoms with van der Waals surface area (Å²) in [6, 6.07) is 5.17. The molecule has 7 heteroatoms. The summed E-state index contributed by atoms with van der Waals surface area (Å²) in [6.45, 7) is 2.85. The average molecular weight is 370 g/mol. The zero-order valence-electron chi connectivity index (χ0n) is 10.7. The highest BCUT2D eigenvalue weighted by molar-refractivity contribution is 9.10. The molecule has 0 spiro atoms. The van der Waals surface area contributed by atoms with E-state index < -0.39 is 10.0 Å². The number of benzene rings is 1. The molecule has 1 aliphatic heterocycles. The molecule has 0 aliphatic carbocycles. The van der Waals surface area contributed by atoms with Crippen LogP contribution in [0.4, 0.5) is 0 Å². The van der Waals surface area contributed by atoms with Crippen molar-refractivity contribution in [1.82, 2.24) is 4.31 Å². The van der Waals surface area contributed by atoms with Crippen LogP contribution in [0.1, 0.15) is 18.4 Å². The normalized spacial score (nSPS) is 20.9. The Morgan fingerprint density at radius 3 is 2.63 bits per heavy atom. The van der Waals surface area contributed by atoms with E-state index in [2.05, 4.69) is 15.9 Å². The topological polar surface area (TPSA) is 63.4 Å². The van der Waals surface area contributed by atoms with E-state index in [1.807, 2.05) is 13.0 Å². The molecule has 2 N–H and O–H groups in total. The van der Waals surface area contributed by atoms with Gasteiger partial charge in [0.15, 0.2) is 0 Å². The minimum Gasteiger partial charge on any atom is -0.327 e. The monoisotopic (exact) mass is 368 g/mol. The minimum atomic E-state index is -3.42. The lowest BCUT2D eigenvalue weighted by molar-refractivity contribution is 0.316. The highest BCUT2D eigenvalue weighted by atomic mass is 79.9. The molecular weight excluding hydrogens is 352 g/mol. The molecule has 0 unspecified atom stereocenters. The van der Waals surface area contributed by atoms with E-state index in [9.17, 15) is 8.42 Å². The van der Waals surface area contributed by atoms with Gasteiger partial charge in [-0.15, -0.1) is 12.4 Å². The molecule has 0 aromatic heterocycles. The fraction of sp³-hybridized carbons (Fsp3) is 0.500. The van der Waals surface area contributed by atoms with E-state index in [4.69, 9.17) is 5.73 Å². The molecule has 108 valence electrons. The Hall–Kier alpha value is -0.140. The molecule has 0 amide bonds. The van der Waals surface area contributed by atoms with Crippen molar-refractivity contribution in [3.05, 3.63) is 28.2 Å². The smallest absolute Gasteiger partial charge is 0.243 e. The van der Waals surface area contributed by atoms with Gasteiger partial charge < -0.3 is 5.73 Å². The first kappa shape index (κ1) is 16.9. The molecule has 4 nitrogen and oxygen atoms in total. The number of hydrogen-bond donors (Lipinski definition) is 1. The van der Waals surface area contributed by atoms with Crippen LogP contribution >= 0.6 is 28.3 Å². The summed E-state index contributed by atoms with van der Waals surface area (Å²) in [4.78, 5) is 0.337.